The van der Waals surface area contributed by atoms with Gasteiger partial charge in [0.25, 0.3) is 0 Å². The van der Waals surface area contributed by atoms with Crippen molar-refractivity contribution in [1.82, 2.24) is 37.2 Å². The average molecular weight is 994 g/mol. The molecule has 0 heterocycles. The first-order chi connectivity index (χ1) is 33.2. The summed E-state index contributed by atoms with van der Waals surface area (Å²) in [6.45, 7) is 1.36. The number of rotatable bonds is 37. The number of esters is 1. The van der Waals surface area contributed by atoms with E-state index < -0.39 is 134 Å². The lowest BCUT2D eigenvalue weighted by molar-refractivity contribution is -0.145. The quantitative estimate of drug-likeness (QED) is 0.0221. The maximum Gasteiger partial charge on any atom is 0.305 e. The van der Waals surface area contributed by atoms with Gasteiger partial charge in [-0.2, -0.15) is 0 Å². The summed E-state index contributed by atoms with van der Waals surface area (Å²) in [6, 6.07) is -1.53. The van der Waals surface area contributed by atoms with E-state index in [1.165, 1.54) is 0 Å². The lowest BCUT2D eigenvalue weighted by Gasteiger charge is -2.27. The van der Waals surface area contributed by atoms with Crippen molar-refractivity contribution in [3.05, 3.63) is 35.9 Å². The van der Waals surface area contributed by atoms with Gasteiger partial charge in [0.2, 0.25) is 53.2 Å². The molecule has 0 fully saturated rings. The highest BCUT2D eigenvalue weighted by Gasteiger charge is 2.34. The molecule has 4 unspecified atom stereocenters. The van der Waals surface area contributed by atoms with Gasteiger partial charge in [-0.25, -0.2) is 0 Å². The van der Waals surface area contributed by atoms with Crippen LogP contribution >= 0.6 is 0 Å². The summed E-state index contributed by atoms with van der Waals surface area (Å²) >= 11 is 0. The Hall–Kier alpha value is -6.28. The van der Waals surface area contributed by atoms with Gasteiger partial charge in [-0.15, -0.1) is 0 Å². The zero-order valence-corrected chi connectivity index (χ0v) is 40.1. The van der Waals surface area contributed by atoms with E-state index in [1.54, 1.807) is 30.3 Å². The van der Waals surface area contributed by atoms with E-state index >= 15 is 0 Å². The number of primary amides is 2. The average Bonchev–Trinajstić information content (AvgIpc) is 3.32. The number of carbonyl (C=O) groups is 10. The summed E-state index contributed by atoms with van der Waals surface area (Å²) in [5.41, 5.74) is 23.0. The van der Waals surface area contributed by atoms with Crippen LogP contribution in [0.3, 0.4) is 0 Å². The van der Waals surface area contributed by atoms with Crippen LogP contribution in [0.4, 0.5) is 0 Å². The molecule has 1 rings (SSSR count). The Morgan fingerprint density at radius 3 is 1.74 bits per heavy atom. The van der Waals surface area contributed by atoms with E-state index in [4.69, 9.17) is 27.7 Å². The van der Waals surface area contributed by atoms with Crippen LogP contribution in [-0.2, 0) is 59.1 Å². The van der Waals surface area contributed by atoms with Crippen LogP contribution in [0.15, 0.2) is 30.3 Å². The van der Waals surface area contributed by atoms with E-state index in [2.05, 4.69) is 44.1 Å². The molecule has 0 aliphatic rings. The highest BCUT2D eigenvalue weighted by atomic mass is 16.5. The van der Waals surface area contributed by atoms with E-state index in [9.17, 15) is 63.3 Å². The molecule has 0 saturated heterocycles. The molecule has 0 aliphatic heterocycles. The molecule has 1 aromatic carbocycles. The summed E-state index contributed by atoms with van der Waals surface area (Å²) in [6.07, 6.45) is 4.90. The first kappa shape index (κ1) is 61.7. The summed E-state index contributed by atoms with van der Waals surface area (Å²) in [7, 11) is 0. The SMILES string of the molecule is CCCCCCCCCC(=O)OCC(N)C(=O)N[C@@H](CC(N)=O)C(=O)N[C@H](C(=O)N[C@@H](CO)C(=O)NC(CCC(=O)NCCCCNC(=O)C(Cc1ccccc1)NC(=O)C(N)CO)C(N)=O)[C@@H](C)O. The molecule has 0 aliphatic carbocycles. The lowest BCUT2D eigenvalue weighted by Crippen LogP contribution is -2.62. The Kier molecular flexibility index (Phi) is 30.8. The van der Waals surface area contributed by atoms with Crippen LogP contribution in [0.25, 0.3) is 0 Å². The van der Waals surface area contributed by atoms with E-state index in [0.717, 1.165) is 51.0 Å². The van der Waals surface area contributed by atoms with E-state index in [-0.39, 0.29) is 38.8 Å². The Bertz CT molecular complexity index is 1840. The molecule has 0 saturated carbocycles. The molecule has 0 spiro atoms. The number of amides is 9. The van der Waals surface area contributed by atoms with Gasteiger partial charge in [0.05, 0.1) is 25.7 Å². The third-order valence-corrected chi connectivity index (χ3v) is 10.7. The number of nitrogens with one attached hydrogen (secondary N) is 7. The Morgan fingerprint density at radius 1 is 0.600 bits per heavy atom. The number of carbonyl (C=O) groups excluding carboxylic acids is 10. The number of ether oxygens (including phenoxy) is 1. The third kappa shape index (κ3) is 25.9. The number of aliphatic hydroxyl groups is 3. The Morgan fingerprint density at radius 2 is 1.16 bits per heavy atom. The molecule has 0 bridgehead atoms. The van der Waals surface area contributed by atoms with Crippen LogP contribution in [-0.4, -0.2) is 156 Å². The molecular weight excluding hydrogens is 919 g/mol. The second-order valence-corrected chi connectivity index (χ2v) is 16.8. The molecular formula is C45H75N11O14. The van der Waals surface area contributed by atoms with Gasteiger partial charge >= 0.3 is 5.97 Å². The van der Waals surface area contributed by atoms with E-state index in [0.29, 0.717) is 19.3 Å². The van der Waals surface area contributed by atoms with Gasteiger partial charge in [0, 0.05) is 32.4 Å². The number of nitrogens with two attached hydrogens (primary N) is 4. The molecule has 18 N–H and O–H groups in total. The van der Waals surface area contributed by atoms with Gasteiger partial charge in [-0.3, -0.25) is 47.9 Å². The van der Waals surface area contributed by atoms with Crippen LogP contribution in [0.2, 0.25) is 0 Å². The predicted molar refractivity (Wildman–Crippen MR) is 253 cm³/mol. The van der Waals surface area contributed by atoms with Crippen molar-refractivity contribution < 1.29 is 68.0 Å². The zero-order valence-electron chi connectivity index (χ0n) is 40.1. The van der Waals surface area contributed by atoms with Gasteiger partial charge in [0.1, 0.15) is 48.9 Å². The van der Waals surface area contributed by atoms with Crippen molar-refractivity contribution in [2.75, 3.05) is 32.9 Å². The maximum absolute atomic E-state index is 13.3. The van der Waals surface area contributed by atoms with Crippen LogP contribution < -0.4 is 60.2 Å². The van der Waals surface area contributed by atoms with Crippen molar-refractivity contribution in [2.24, 2.45) is 22.9 Å². The number of benzene rings is 1. The maximum atomic E-state index is 13.3. The summed E-state index contributed by atoms with van der Waals surface area (Å²) in [5, 5.41) is 46.2. The largest absolute Gasteiger partial charge is 0.463 e. The topological polar surface area (TPSA) is 429 Å². The normalized spacial score (nSPS) is 14.4. The molecule has 25 heteroatoms. The lowest BCUT2D eigenvalue weighted by atomic mass is 10.0. The number of hydrogen-bond donors (Lipinski definition) is 14. The summed E-state index contributed by atoms with van der Waals surface area (Å²) in [4.78, 5) is 126. The number of unbranched alkanes of at least 4 members (excludes halogenated alkanes) is 7. The molecule has 0 radical (unpaired) electrons. The minimum absolute atomic E-state index is 0.115. The number of aliphatic hydroxyl groups excluding tert-OH is 3. The molecule has 1 aromatic rings. The first-order valence-corrected chi connectivity index (χ1v) is 23.5. The monoisotopic (exact) mass is 994 g/mol. The van der Waals surface area contributed by atoms with Crippen LogP contribution in [0, 0.1) is 0 Å². The highest BCUT2D eigenvalue weighted by molar-refractivity contribution is 5.97. The van der Waals surface area contributed by atoms with Gasteiger partial charge in [-0.1, -0.05) is 75.8 Å². The summed E-state index contributed by atoms with van der Waals surface area (Å²) in [5.74, 6) is -8.93. The predicted octanol–water partition coefficient (Wildman–Crippen LogP) is -4.49. The molecule has 25 nitrogen and oxygen atoms in total. The van der Waals surface area contributed by atoms with E-state index in [1.807, 2.05) is 0 Å². The highest BCUT2D eigenvalue weighted by Crippen LogP contribution is 2.10. The standard InChI is InChI=1S/C45H75N11O14/c1-3-4-5-6-7-8-12-17-37(62)70-26-30(47)41(65)54-33(23-35(48)60)43(67)56-38(27(2)59)45(69)55-34(25-58)44(68)52-31(39(49)63)18-19-36(61)50-20-13-14-21-51-42(66)32(53-40(64)29(46)24-57)22-28-15-10-9-11-16-28/h9-11,15-16,27,29-34,38,57-59H,3-8,12-14,17-26,46-47H2,1-2H3,(H2,48,60)(H2,49,63)(H,50,61)(H,51,66)(H,52,68)(H,53,64)(H,54,65)(H,55,69)(H,56,67)/t27-,29?,30?,31?,32?,33+,34+,38+/m1/s1. The summed E-state index contributed by atoms with van der Waals surface area (Å²) < 4.78 is 5.09. The van der Waals surface area contributed by atoms with Crippen LogP contribution in [0.5, 0.6) is 0 Å². The minimum Gasteiger partial charge on any atom is -0.463 e. The Labute approximate surface area is 407 Å². The van der Waals surface area contributed by atoms with Gasteiger partial charge < -0.3 is 80.2 Å². The van der Waals surface area contributed by atoms with Crippen molar-refractivity contribution >= 4 is 59.1 Å². The molecule has 70 heavy (non-hydrogen) atoms. The van der Waals surface area contributed by atoms with Crippen LogP contribution in [0.1, 0.15) is 103 Å². The molecule has 8 atom stereocenters. The molecule has 9 amide bonds. The zero-order chi connectivity index (χ0) is 52.6. The van der Waals surface area contributed by atoms with Crippen molar-refractivity contribution in [1.29, 1.82) is 0 Å². The third-order valence-electron chi connectivity index (χ3n) is 10.7. The van der Waals surface area contributed by atoms with Crippen molar-refractivity contribution in [3.63, 3.8) is 0 Å². The fraction of sp³-hybridized carbons (Fsp3) is 0.644. The first-order valence-electron chi connectivity index (χ1n) is 23.5. The van der Waals surface area contributed by atoms with Gasteiger partial charge in [0.15, 0.2) is 0 Å². The second kappa shape index (κ2) is 34.9. The van der Waals surface area contributed by atoms with Gasteiger partial charge in [-0.05, 0) is 38.2 Å². The second-order valence-electron chi connectivity index (χ2n) is 16.8. The van der Waals surface area contributed by atoms with Crippen molar-refractivity contribution in [3.8, 4) is 0 Å². The Balaban J connectivity index is 2.69. The smallest absolute Gasteiger partial charge is 0.305 e. The molecule has 0 aromatic heterocycles. The number of hydrogen-bond acceptors (Lipinski definition) is 16. The minimum atomic E-state index is -1.85. The fourth-order valence-corrected chi connectivity index (χ4v) is 6.52. The fourth-order valence-electron chi connectivity index (χ4n) is 6.52. The molecule has 394 valence electrons. The van der Waals surface area contributed by atoms with Crippen molar-refractivity contribution in [2.45, 2.75) is 152 Å².